The van der Waals surface area contributed by atoms with Gasteiger partial charge in [0.1, 0.15) is 5.82 Å². The van der Waals surface area contributed by atoms with E-state index < -0.39 is 17.9 Å². The van der Waals surface area contributed by atoms with Crippen molar-refractivity contribution < 1.29 is 13.6 Å². The van der Waals surface area contributed by atoms with Crippen LogP contribution in [0.25, 0.3) is 6.08 Å². The summed E-state index contributed by atoms with van der Waals surface area (Å²) in [5.74, 6) is -3.18. The highest BCUT2D eigenvalue weighted by molar-refractivity contribution is 5.93. The van der Waals surface area contributed by atoms with Crippen LogP contribution in [0.3, 0.4) is 0 Å². The second-order valence-corrected chi connectivity index (χ2v) is 8.38. The first-order valence-corrected chi connectivity index (χ1v) is 10.6. The number of pyridine rings is 2. The van der Waals surface area contributed by atoms with Crippen LogP contribution >= 0.6 is 0 Å². The van der Waals surface area contributed by atoms with Gasteiger partial charge >= 0.3 is 0 Å². The molecule has 0 unspecified atom stereocenters. The highest BCUT2D eigenvalue weighted by atomic mass is 19.3. The van der Waals surface area contributed by atoms with E-state index in [4.69, 9.17) is 0 Å². The molecule has 4 rings (SSSR count). The van der Waals surface area contributed by atoms with Crippen LogP contribution in [-0.4, -0.2) is 45.8 Å². The molecule has 2 aromatic rings. The minimum absolute atomic E-state index is 0.0198. The van der Waals surface area contributed by atoms with E-state index in [2.05, 4.69) is 21.4 Å². The Kier molecular flexibility index (Phi) is 6.00. The predicted molar refractivity (Wildman–Crippen MR) is 115 cm³/mol. The van der Waals surface area contributed by atoms with Crippen molar-refractivity contribution in [3.8, 4) is 0 Å². The second kappa shape index (κ2) is 8.70. The molecule has 2 fully saturated rings. The van der Waals surface area contributed by atoms with Crippen LogP contribution in [0.15, 0.2) is 47.5 Å². The molecule has 0 spiro atoms. The number of hydrogen-bond acceptors (Lipinski definition) is 4. The molecule has 1 saturated carbocycles. The number of halogens is 2. The van der Waals surface area contributed by atoms with E-state index in [1.54, 1.807) is 24.1 Å². The van der Waals surface area contributed by atoms with Crippen molar-refractivity contribution in [2.24, 2.45) is 5.92 Å². The molecule has 0 radical (unpaired) electrons. The van der Waals surface area contributed by atoms with Gasteiger partial charge in [0.05, 0.1) is 12.0 Å². The number of anilines is 1. The van der Waals surface area contributed by atoms with Gasteiger partial charge in [0.15, 0.2) is 0 Å². The highest BCUT2D eigenvalue weighted by Crippen LogP contribution is 2.40. The molecular weight excluding hydrogens is 402 g/mol. The maximum absolute atomic E-state index is 14.6. The fourth-order valence-electron chi connectivity index (χ4n) is 3.78. The fourth-order valence-corrected chi connectivity index (χ4v) is 3.78. The fraction of sp³-hybridized carbons (Fsp3) is 0.435. The van der Waals surface area contributed by atoms with Gasteiger partial charge in [-0.1, -0.05) is 18.2 Å². The van der Waals surface area contributed by atoms with E-state index >= 15 is 0 Å². The Morgan fingerprint density at radius 3 is 2.77 bits per heavy atom. The molecule has 0 aromatic carbocycles. The molecule has 8 heteroatoms. The van der Waals surface area contributed by atoms with Crippen molar-refractivity contribution in [2.45, 2.75) is 44.1 Å². The van der Waals surface area contributed by atoms with Crippen LogP contribution in [0.1, 0.15) is 43.2 Å². The van der Waals surface area contributed by atoms with E-state index in [1.165, 1.54) is 31.2 Å². The minimum atomic E-state index is -2.91. The summed E-state index contributed by atoms with van der Waals surface area (Å²) in [4.78, 5) is 32.5. The zero-order valence-corrected chi connectivity index (χ0v) is 17.4. The Hall–Kier alpha value is -2.87. The summed E-state index contributed by atoms with van der Waals surface area (Å²) >= 11 is 0. The van der Waals surface area contributed by atoms with Gasteiger partial charge in [-0.2, -0.15) is 0 Å². The number of aromatic nitrogens is 2. The molecule has 2 N–H and O–H groups in total. The van der Waals surface area contributed by atoms with Crippen LogP contribution in [0, 0.1) is 5.92 Å². The van der Waals surface area contributed by atoms with Crippen LogP contribution in [0.5, 0.6) is 0 Å². The van der Waals surface area contributed by atoms with E-state index in [-0.39, 0.29) is 31.0 Å². The van der Waals surface area contributed by atoms with Gasteiger partial charge in [-0.05, 0) is 48.9 Å². The summed E-state index contributed by atoms with van der Waals surface area (Å²) in [7, 11) is 0. The average Bonchev–Trinajstić information content (AvgIpc) is 3.58. The summed E-state index contributed by atoms with van der Waals surface area (Å²) in [6, 6.07) is 5.70. The van der Waals surface area contributed by atoms with Crippen molar-refractivity contribution in [1.82, 2.24) is 14.9 Å². The topological polar surface area (TPSA) is 78.1 Å². The normalized spacial score (nSPS) is 22.4. The number of carbonyl (C=O) groups is 1. The summed E-state index contributed by atoms with van der Waals surface area (Å²) < 4.78 is 29.1. The van der Waals surface area contributed by atoms with Gasteiger partial charge in [0.2, 0.25) is 11.5 Å². The first-order chi connectivity index (χ1) is 14.8. The Labute approximate surface area is 179 Å². The SMILES string of the molecule is C[C@@H](C(=O)Nc1ccc(/C=C\C2CC2)cn1)N1CCC(F)(F)[C@@H](c2ccc(=O)[nH]c2)C1. The number of likely N-dealkylation sites (tertiary alicyclic amines) is 1. The van der Waals surface area contributed by atoms with E-state index in [0.717, 1.165) is 5.56 Å². The Bertz CT molecular complexity index is 994. The predicted octanol–water partition coefficient (Wildman–Crippen LogP) is 3.64. The molecule has 3 heterocycles. The Balaban J connectivity index is 1.39. The van der Waals surface area contributed by atoms with Gasteiger partial charge in [0.25, 0.3) is 5.92 Å². The molecule has 0 bridgehead atoms. The number of hydrogen-bond donors (Lipinski definition) is 2. The molecule has 1 aliphatic carbocycles. The smallest absolute Gasteiger partial charge is 0.257 e. The van der Waals surface area contributed by atoms with E-state index in [1.807, 2.05) is 12.1 Å². The zero-order chi connectivity index (χ0) is 22.0. The molecule has 6 nitrogen and oxygen atoms in total. The van der Waals surface area contributed by atoms with Crippen LogP contribution in [0.2, 0.25) is 0 Å². The number of carbonyl (C=O) groups excluding carboxylic acids is 1. The Morgan fingerprint density at radius 1 is 1.32 bits per heavy atom. The third kappa shape index (κ3) is 5.25. The summed E-state index contributed by atoms with van der Waals surface area (Å²) in [5, 5.41) is 2.78. The molecular formula is C23H26F2N4O2. The molecule has 1 saturated heterocycles. The number of aromatic amines is 1. The lowest BCUT2D eigenvalue weighted by Crippen LogP contribution is -2.52. The number of nitrogens with one attached hydrogen (secondary N) is 2. The number of rotatable bonds is 6. The van der Waals surface area contributed by atoms with Crippen molar-refractivity contribution in [3.63, 3.8) is 0 Å². The Morgan fingerprint density at radius 2 is 2.13 bits per heavy atom. The number of nitrogens with zero attached hydrogens (tertiary/aromatic N) is 2. The van der Waals surface area contributed by atoms with Gasteiger partial charge in [-0.25, -0.2) is 13.8 Å². The van der Waals surface area contributed by atoms with Gasteiger partial charge in [-0.3, -0.25) is 14.5 Å². The lowest BCUT2D eigenvalue weighted by Gasteiger charge is -2.40. The summed E-state index contributed by atoms with van der Waals surface area (Å²) in [6.45, 7) is 1.83. The molecule has 2 aromatic heterocycles. The van der Waals surface area contributed by atoms with Crippen LogP contribution < -0.4 is 10.9 Å². The first kappa shape index (κ1) is 21.4. The van der Waals surface area contributed by atoms with Crippen molar-refractivity contribution in [2.75, 3.05) is 18.4 Å². The zero-order valence-electron chi connectivity index (χ0n) is 17.4. The minimum Gasteiger partial charge on any atom is -0.329 e. The highest BCUT2D eigenvalue weighted by Gasteiger charge is 2.46. The third-order valence-corrected chi connectivity index (χ3v) is 6.02. The van der Waals surface area contributed by atoms with Gasteiger partial charge in [-0.15, -0.1) is 0 Å². The van der Waals surface area contributed by atoms with E-state index in [9.17, 15) is 18.4 Å². The van der Waals surface area contributed by atoms with Crippen molar-refractivity contribution in [1.29, 1.82) is 0 Å². The van der Waals surface area contributed by atoms with Crippen molar-refractivity contribution >= 4 is 17.8 Å². The van der Waals surface area contributed by atoms with Crippen LogP contribution in [-0.2, 0) is 4.79 Å². The average molecular weight is 428 g/mol. The molecule has 164 valence electrons. The largest absolute Gasteiger partial charge is 0.329 e. The van der Waals surface area contributed by atoms with Crippen molar-refractivity contribution in [3.05, 3.63) is 64.2 Å². The number of H-pyrrole nitrogens is 1. The number of piperidine rings is 1. The third-order valence-electron chi connectivity index (χ3n) is 6.02. The molecule has 1 aliphatic heterocycles. The standard InChI is InChI=1S/C23H26F2N4O2/c1-15(22(31)28-20-8-6-17(12-26-20)5-4-16-2-3-16)29-11-10-23(24,25)19(14-29)18-7-9-21(30)27-13-18/h4-9,12-13,15-16,19H,2-3,10-11,14H2,1H3,(H,27,30)(H,26,28,31)/b5-4-/t15-,19+/m0/s1. The molecule has 1 amide bonds. The number of alkyl halides is 2. The van der Waals surface area contributed by atoms with Crippen LogP contribution in [0.4, 0.5) is 14.6 Å². The maximum Gasteiger partial charge on any atom is 0.257 e. The molecule has 2 aliphatic rings. The first-order valence-electron chi connectivity index (χ1n) is 10.6. The van der Waals surface area contributed by atoms with Gasteiger partial charge in [0, 0.05) is 38.0 Å². The quantitative estimate of drug-likeness (QED) is 0.736. The molecule has 2 atom stereocenters. The second-order valence-electron chi connectivity index (χ2n) is 8.38. The molecule has 31 heavy (non-hydrogen) atoms. The summed E-state index contributed by atoms with van der Waals surface area (Å²) in [6.07, 6.45) is 9.36. The number of amides is 1. The maximum atomic E-state index is 14.6. The summed E-state index contributed by atoms with van der Waals surface area (Å²) in [5.41, 5.74) is 0.993. The number of allylic oxidation sites excluding steroid dienone is 1. The van der Waals surface area contributed by atoms with E-state index in [0.29, 0.717) is 17.3 Å². The lowest BCUT2D eigenvalue weighted by molar-refractivity contribution is -0.125. The monoisotopic (exact) mass is 428 g/mol. The lowest BCUT2D eigenvalue weighted by atomic mass is 9.87. The van der Waals surface area contributed by atoms with Gasteiger partial charge < -0.3 is 10.3 Å².